The van der Waals surface area contributed by atoms with Crippen LogP contribution in [0, 0.1) is 19.8 Å². The van der Waals surface area contributed by atoms with Crippen LogP contribution in [0.4, 0.5) is 0 Å². The zero-order valence-electron chi connectivity index (χ0n) is 18.4. The van der Waals surface area contributed by atoms with E-state index in [1.54, 1.807) is 4.40 Å². The third-order valence-electron chi connectivity index (χ3n) is 5.24. The molecule has 3 heterocycles. The molecule has 4 rings (SSSR count). The molecule has 0 saturated heterocycles. The van der Waals surface area contributed by atoms with E-state index in [1.807, 2.05) is 69.6 Å². The molecule has 32 heavy (non-hydrogen) atoms. The molecule has 0 bridgehead atoms. The van der Waals surface area contributed by atoms with Crippen LogP contribution in [0.5, 0.6) is 0 Å². The fourth-order valence-corrected chi connectivity index (χ4v) is 5.19. The Kier molecular flexibility index (Phi) is 6.38. The number of thiazole rings is 2. The highest BCUT2D eigenvalue weighted by molar-refractivity contribution is 7.15. The first-order valence-electron chi connectivity index (χ1n) is 10.4. The highest BCUT2D eigenvalue weighted by Gasteiger charge is 2.24. The Balaban J connectivity index is 1.49. The zero-order valence-corrected chi connectivity index (χ0v) is 20.0. The summed E-state index contributed by atoms with van der Waals surface area (Å²) in [4.78, 5) is 36.6. The van der Waals surface area contributed by atoms with Crippen LogP contribution in [0.1, 0.15) is 45.5 Å². The van der Waals surface area contributed by atoms with Gasteiger partial charge in [-0.25, -0.2) is 9.97 Å². The first-order valence-corrected chi connectivity index (χ1v) is 12.1. The van der Waals surface area contributed by atoms with Crippen molar-refractivity contribution < 1.29 is 9.59 Å². The Morgan fingerprint density at radius 2 is 1.84 bits per heavy atom. The number of imidazole rings is 1. The normalized spacial score (nSPS) is 12.3. The lowest BCUT2D eigenvalue weighted by Gasteiger charge is -2.22. The maximum absolute atomic E-state index is 13.1. The quantitative estimate of drug-likeness (QED) is 0.424. The summed E-state index contributed by atoms with van der Waals surface area (Å²) in [5, 5.41) is 8.78. The van der Waals surface area contributed by atoms with Gasteiger partial charge in [0.25, 0.3) is 11.8 Å². The van der Waals surface area contributed by atoms with E-state index in [9.17, 15) is 9.59 Å². The van der Waals surface area contributed by atoms with Crippen molar-refractivity contribution in [1.82, 2.24) is 25.0 Å². The summed E-state index contributed by atoms with van der Waals surface area (Å²) in [6.45, 7) is 8.06. The van der Waals surface area contributed by atoms with Crippen LogP contribution < -0.4 is 10.6 Å². The van der Waals surface area contributed by atoms with Crippen LogP contribution in [0.25, 0.3) is 15.4 Å². The largest absolute Gasteiger partial charge is 0.349 e. The molecule has 2 amide bonds. The highest BCUT2D eigenvalue weighted by Crippen LogP contribution is 2.30. The molecular formula is C23H25N5O2S2. The number of aromatic nitrogens is 3. The second-order valence-corrected chi connectivity index (χ2v) is 9.99. The average molecular weight is 468 g/mol. The number of aryl methyl sites for hydroxylation is 2. The van der Waals surface area contributed by atoms with E-state index in [1.165, 1.54) is 22.7 Å². The molecule has 9 heteroatoms. The van der Waals surface area contributed by atoms with Crippen molar-refractivity contribution in [3.05, 3.63) is 64.0 Å². The van der Waals surface area contributed by atoms with Gasteiger partial charge in [0.15, 0.2) is 4.96 Å². The Labute approximate surface area is 194 Å². The second kappa shape index (κ2) is 9.22. The van der Waals surface area contributed by atoms with Crippen molar-refractivity contribution in [3.8, 4) is 10.4 Å². The molecule has 4 aromatic rings. The van der Waals surface area contributed by atoms with Gasteiger partial charge in [-0.1, -0.05) is 44.2 Å². The number of carbonyl (C=O) groups excluding carboxylic acids is 2. The van der Waals surface area contributed by atoms with E-state index in [0.29, 0.717) is 23.6 Å². The minimum Gasteiger partial charge on any atom is -0.349 e. The number of fused-ring (bicyclic) bond motifs is 1. The lowest BCUT2D eigenvalue weighted by atomic mass is 10.0. The monoisotopic (exact) mass is 467 g/mol. The smallest absolute Gasteiger partial charge is 0.271 e. The second-order valence-electron chi connectivity index (χ2n) is 7.91. The van der Waals surface area contributed by atoms with Gasteiger partial charge in [0.05, 0.1) is 15.6 Å². The molecule has 166 valence electrons. The first kappa shape index (κ1) is 22.2. The molecule has 0 radical (unpaired) electrons. The molecule has 0 unspecified atom stereocenters. The fraction of sp³-hybridized carbons (Fsp3) is 0.304. The average Bonchev–Trinajstić information content (AvgIpc) is 3.45. The maximum Gasteiger partial charge on any atom is 0.271 e. The van der Waals surface area contributed by atoms with E-state index in [2.05, 4.69) is 20.6 Å². The summed E-state index contributed by atoms with van der Waals surface area (Å²) in [6, 6.07) is 9.54. The fourth-order valence-electron chi connectivity index (χ4n) is 3.51. The van der Waals surface area contributed by atoms with E-state index >= 15 is 0 Å². The van der Waals surface area contributed by atoms with Crippen molar-refractivity contribution >= 4 is 39.4 Å². The van der Waals surface area contributed by atoms with Crippen LogP contribution >= 0.6 is 22.7 Å². The highest BCUT2D eigenvalue weighted by atomic mass is 32.1. The number of carbonyl (C=O) groups is 2. The van der Waals surface area contributed by atoms with Crippen LogP contribution in [0.15, 0.2) is 41.9 Å². The van der Waals surface area contributed by atoms with Crippen LogP contribution in [-0.4, -0.2) is 38.8 Å². The van der Waals surface area contributed by atoms with Gasteiger partial charge in [0, 0.05) is 24.2 Å². The topological polar surface area (TPSA) is 88.4 Å². The predicted octanol–water partition coefficient (Wildman–Crippen LogP) is 4.32. The van der Waals surface area contributed by atoms with Crippen LogP contribution in [-0.2, 0) is 0 Å². The third-order valence-corrected chi connectivity index (χ3v) is 7.02. The van der Waals surface area contributed by atoms with Crippen LogP contribution in [0.2, 0.25) is 0 Å². The number of hydrogen-bond donors (Lipinski definition) is 2. The molecule has 7 nitrogen and oxygen atoms in total. The predicted molar refractivity (Wildman–Crippen MR) is 129 cm³/mol. The van der Waals surface area contributed by atoms with Crippen molar-refractivity contribution in [2.75, 3.05) is 6.54 Å². The van der Waals surface area contributed by atoms with Crippen molar-refractivity contribution in [2.24, 2.45) is 5.92 Å². The number of amides is 2. The molecule has 0 aliphatic heterocycles. The molecule has 1 aromatic carbocycles. The van der Waals surface area contributed by atoms with Gasteiger partial charge in [-0.2, -0.15) is 0 Å². The summed E-state index contributed by atoms with van der Waals surface area (Å²) in [5.41, 5.74) is 2.59. The minimum atomic E-state index is -0.247. The molecule has 0 fully saturated rings. The Bertz CT molecular complexity index is 1260. The molecule has 0 aliphatic rings. The van der Waals surface area contributed by atoms with Gasteiger partial charge in [-0.05, 0) is 25.3 Å². The summed E-state index contributed by atoms with van der Waals surface area (Å²) >= 11 is 2.99. The Morgan fingerprint density at radius 1 is 1.09 bits per heavy atom. The molecule has 0 saturated carbocycles. The van der Waals surface area contributed by atoms with Crippen molar-refractivity contribution in [1.29, 1.82) is 0 Å². The molecular weight excluding hydrogens is 442 g/mol. The number of hydrogen-bond acceptors (Lipinski definition) is 6. The molecule has 2 N–H and O–H groups in total. The summed E-state index contributed by atoms with van der Waals surface area (Å²) in [6.07, 6.45) is 1.84. The van der Waals surface area contributed by atoms with E-state index in [4.69, 9.17) is 0 Å². The van der Waals surface area contributed by atoms with Gasteiger partial charge in [-0.3, -0.25) is 14.0 Å². The van der Waals surface area contributed by atoms with Crippen molar-refractivity contribution in [2.45, 2.75) is 33.7 Å². The van der Waals surface area contributed by atoms with Crippen LogP contribution in [0.3, 0.4) is 0 Å². The number of nitrogens with one attached hydrogen (secondary N) is 2. The Hall–Kier alpha value is -3.04. The van der Waals surface area contributed by atoms with Gasteiger partial charge in [-0.15, -0.1) is 22.7 Å². The van der Waals surface area contributed by atoms with Gasteiger partial charge in [0.2, 0.25) is 0 Å². The van der Waals surface area contributed by atoms with E-state index in [0.717, 1.165) is 20.4 Å². The maximum atomic E-state index is 13.1. The molecule has 1 atom stereocenters. The number of rotatable bonds is 7. The third kappa shape index (κ3) is 4.44. The zero-order chi connectivity index (χ0) is 22.8. The summed E-state index contributed by atoms with van der Waals surface area (Å²) in [5.74, 6) is -0.323. The summed E-state index contributed by atoms with van der Waals surface area (Å²) < 4.78 is 1.79. The van der Waals surface area contributed by atoms with Gasteiger partial charge < -0.3 is 10.6 Å². The SMILES string of the molecule is Cc1nc(C(=O)N[C@@H](CNC(=O)c2c(C)nc3sccn23)C(C)C)c(-c2ccccc2)s1. The number of nitrogens with zero attached hydrogens (tertiary/aromatic N) is 3. The lowest BCUT2D eigenvalue weighted by molar-refractivity contribution is 0.0892. The molecule has 3 aromatic heterocycles. The number of benzene rings is 1. The van der Waals surface area contributed by atoms with Gasteiger partial charge in [0.1, 0.15) is 11.4 Å². The molecule has 0 aliphatic carbocycles. The van der Waals surface area contributed by atoms with Crippen molar-refractivity contribution in [3.63, 3.8) is 0 Å². The minimum absolute atomic E-state index is 0.117. The molecule has 0 spiro atoms. The lowest BCUT2D eigenvalue weighted by Crippen LogP contribution is -2.47. The van der Waals surface area contributed by atoms with E-state index < -0.39 is 0 Å². The summed E-state index contributed by atoms with van der Waals surface area (Å²) in [7, 11) is 0. The van der Waals surface area contributed by atoms with E-state index in [-0.39, 0.29) is 23.8 Å². The Morgan fingerprint density at radius 3 is 2.56 bits per heavy atom. The van der Waals surface area contributed by atoms with Gasteiger partial charge >= 0.3 is 0 Å². The standard InChI is InChI=1S/C23H25N5O2S2/c1-13(2)17(12-24-22(30)19-14(3)25-23-28(19)10-11-31-23)27-21(29)18-20(32-15(4)26-18)16-8-6-5-7-9-16/h5-11,13,17H,12H2,1-4H3,(H,24,30)(H,27,29)/t17-/m0/s1. The first-order chi connectivity index (χ1) is 15.3.